The molecule has 0 saturated carbocycles. The maximum atomic E-state index is 5.49. The molecule has 0 spiro atoms. The van der Waals surface area contributed by atoms with Gasteiger partial charge < -0.3 is 0 Å². The first kappa shape index (κ1) is 13.6. The highest BCUT2D eigenvalue weighted by Gasteiger charge is 1.93. The Morgan fingerprint density at radius 3 is 2.36 bits per heavy atom. The maximum absolute atomic E-state index is 5.49. The minimum absolute atomic E-state index is 0.571. The van der Waals surface area contributed by atoms with E-state index in [-0.39, 0.29) is 0 Å². The first-order valence-corrected chi connectivity index (χ1v) is 4.61. The van der Waals surface area contributed by atoms with Gasteiger partial charge in [-0.1, -0.05) is 24.6 Å². The smallest absolute Gasteiger partial charge is 0.0223 e. The van der Waals surface area contributed by atoms with Gasteiger partial charge in [-0.05, 0) is 18.8 Å². The highest BCUT2D eigenvalue weighted by Crippen LogP contribution is 2.07. The van der Waals surface area contributed by atoms with Crippen LogP contribution in [0.25, 0.3) is 0 Å². The van der Waals surface area contributed by atoms with Crippen molar-refractivity contribution in [3.8, 4) is 0 Å². The first-order chi connectivity index (χ1) is 5.31. The molecule has 0 radical (unpaired) electrons. The van der Waals surface area contributed by atoms with Gasteiger partial charge in [0.25, 0.3) is 0 Å². The zero-order valence-corrected chi connectivity index (χ0v) is 8.54. The molecule has 0 aliphatic heterocycles. The molecule has 0 nitrogen and oxygen atoms in total. The van der Waals surface area contributed by atoms with Crippen LogP contribution in [-0.2, 0) is 0 Å². The van der Waals surface area contributed by atoms with Crippen molar-refractivity contribution in [1.29, 1.82) is 0 Å². The van der Waals surface area contributed by atoms with Crippen LogP contribution in [0.5, 0.6) is 0 Å². The molecule has 0 N–H and O–H groups in total. The Bertz CT molecular complexity index is 89.6. The topological polar surface area (TPSA) is 0 Å². The van der Waals surface area contributed by atoms with Crippen molar-refractivity contribution in [2.24, 2.45) is 5.92 Å². The second kappa shape index (κ2) is 12.7. The standard InChI is InChI=1S/C7H12Cl2.C2H4/c1-7(4-6-9)3-2-5-8;1-2/h4,6-7H,2-3,5H2,1H3;1-2H2. The van der Waals surface area contributed by atoms with Crippen LogP contribution < -0.4 is 0 Å². The third-order valence-electron chi connectivity index (χ3n) is 1.19. The Hall–Kier alpha value is 0.0600. The fourth-order valence-corrected chi connectivity index (χ4v) is 1.02. The van der Waals surface area contributed by atoms with Crippen molar-refractivity contribution in [1.82, 2.24) is 0 Å². The molecule has 0 fully saturated rings. The number of halogens is 2. The Morgan fingerprint density at radius 1 is 1.45 bits per heavy atom. The molecule has 0 aromatic rings. The van der Waals surface area contributed by atoms with Gasteiger partial charge in [-0.15, -0.1) is 24.8 Å². The molecule has 1 unspecified atom stereocenters. The lowest BCUT2D eigenvalue weighted by Crippen LogP contribution is -1.88. The van der Waals surface area contributed by atoms with Gasteiger partial charge in [0.1, 0.15) is 0 Å². The van der Waals surface area contributed by atoms with Gasteiger partial charge in [0.2, 0.25) is 0 Å². The molecule has 2 heteroatoms. The van der Waals surface area contributed by atoms with Gasteiger partial charge in [0.05, 0.1) is 0 Å². The Morgan fingerprint density at radius 2 is 2.00 bits per heavy atom. The van der Waals surface area contributed by atoms with E-state index in [1.807, 2.05) is 6.08 Å². The van der Waals surface area contributed by atoms with Crippen molar-refractivity contribution in [2.75, 3.05) is 5.88 Å². The van der Waals surface area contributed by atoms with E-state index in [1.54, 1.807) is 5.54 Å². The van der Waals surface area contributed by atoms with Crippen LogP contribution in [-0.4, -0.2) is 5.88 Å². The summed E-state index contributed by atoms with van der Waals surface area (Å²) in [5.41, 5.74) is 1.57. The van der Waals surface area contributed by atoms with Crippen LogP contribution in [0.15, 0.2) is 24.8 Å². The van der Waals surface area contributed by atoms with Gasteiger partial charge in [0.15, 0.2) is 0 Å². The lowest BCUT2D eigenvalue weighted by Gasteiger charge is -2.00. The summed E-state index contributed by atoms with van der Waals surface area (Å²) in [7, 11) is 0. The van der Waals surface area contributed by atoms with Crippen molar-refractivity contribution in [2.45, 2.75) is 19.8 Å². The minimum Gasteiger partial charge on any atom is -0.127 e. The summed E-state index contributed by atoms with van der Waals surface area (Å²) in [6, 6.07) is 0. The molecule has 0 aliphatic carbocycles. The van der Waals surface area contributed by atoms with Crippen molar-refractivity contribution >= 4 is 23.2 Å². The monoisotopic (exact) mass is 194 g/mol. The molecular formula is C9H16Cl2. The molecule has 0 heterocycles. The van der Waals surface area contributed by atoms with Crippen molar-refractivity contribution in [3.05, 3.63) is 24.8 Å². The van der Waals surface area contributed by atoms with E-state index in [2.05, 4.69) is 20.1 Å². The molecule has 0 aromatic heterocycles. The normalized spacial score (nSPS) is 12.3. The SMILES string of the molecule is C=C.CC(C=CCl)CCCCl. The Labute approximate surface area is 79.9 Å². The second-order valence-corrected chi connectivity index (χ2v) is 2.76. The molecular weight excluding hydrogens is 179 g/mol. The van der Waals surface area contributed by atoms with E-state index in [0.29, 0.717) is 5.92 Å². The van der Waals surface area contributed by atoms with Crippen LogP contribution in [0.4, 0.5) is 0 Å². The zero-order valence-electron chi connectivity index (χ0n) is 7.02. The van der Waals surface area contributed by atoms with Gasteiger partial charge in [-0.3, -0.25) is 0 Å². The lowest BCUT2D eigenvalue weighted by molar-refractivity contribution is 0.637. The zero-order chi connectivity index (χ0) is 9.11. The van der Waals surface area contributed by atoms with Gasteiger partial charge >= 0.3 is 0 Å². The average molecular weight is 195 g/mol. The van der Waals surface area contributed by atoms with E-state index in [9.17, 15) is 0 Å². The molecule has 0 amide bonds. The van der Waals surface area contributed by atoms with E-state index in [4.69, 9.17) is 23.2 Å². The van der Waals surface area contributed by atoms with E-state index in [1.165, 1.54) is 0 Å². The molecule has 0 rings (SSSR count). The summed E-state index contributed by atoms with van der Waals surface area (Å²) in [6.07, 6.45) is 4.19. The molecule has 0 aromatic carbocycles. The predicted molar refractivity (Wildman–Crippen MR) is 55.4 cm³/mol. The molecule has 0 aliphatic rings. The number of hydrogen-bond donors (Lipinski definition) is 0. The van der Waals surface area contributed by atoms with Crippen LogP contribution in [0.2, 0.25) is 0 Å². The molecule has 0 saturated heterocycles. The molecule has 11 heavy (non-hydrogen) atoms. The summed E-state index contributed by atoms with van der Waals surface area (Å²) in [6.45, 7) is 8.13. The molecule has 0 bridgehead atoms. The fourth-order valence-electron chi connectivity index (χ4n) is 0.620. The fraction of sp³-hybridized carbons (Fsp3) is 0.556. The molecule has 66 valence electrons. The van der Waals surface area contributed by atoms with Crippen molar-refractivity contribution in [3.63, 3.8) is 0 Å². The van der Waals surface area contributed by atoms with E-state index in [0.717, 1.165) is 18.7 Å². The Kier molecular flexibility index (Phi) is 15.8. The third kappa shape index (κ3) is 13.1. The van der Waals surface area contributed by atoms with Gasteiger partial charge in [-0.2, -0.15) is 0 Å². The summed E-state index contributed by atoms with van der Waals surface area (Å²) in [4.78, 5) is 0. The Balaban J connectivity index is 0. The third-order valence-corrected chi connectivity index (χ3v) is 1.61. The van der Waals surface area contributed by atoms with Crippen LogP contribution >= 0.6 is 23.2 Å². The highest BCUT2D eigenvalue weighted by molar-refractivity contribution is 6.25. The van der Waals surface area contributed by atoms with Crippen molar-refractivity contribution < 1.29 is 0 Å². The average Bonchev–Trinajstić information content (AvgIpc) is 2.05. The summed E-state index contributed by atoms with van der Waals surface area (Å²) >= 11 is 10.9. The number of allylic oxidation sites excluding steroid dienone is 1. The second-order valence-electron chi connectivity index (χ2n) is 2.13. The summed E-state index contributed by atoms with van der Waals surface area (Å²) in [5.74, 6) is 1.32. The van der Waals surface area contributed by atoms with E-state index < -0.39 is 0 Å². The summed E-state index contributed by atoms with van der Waals surface area (Å²) < 4.78 is 0. The maximum Gasteiger partial charge on any atom is 0.0223 e. The van der Waals surface area contributed by atoms with Crippen LogP contribution in [0, 0.1) is 5.92 Å². The number of alkyl halides is 1. The first-order valence-electron chi connectivity index (χ1n) is 3.64. The minimum atomic E-state index is 0.571. The lowest BCUT2D eigenvalue weighted by atomic mass is 10.1. The predicted octanol–water partition coefficient (Wildman–Crippen LogP) is 4.20. The van der Waals surface area contributed by atoms with Gasteiger partial charge in [-0.25, -0.2) is 0 Å². The largest absolute Gasteiger partial charge is 0.127 e. The highest BCUT2D eigenvalue weighted by atomic mass is 35.5. The number of hydrogen-bond acceptors (Lipinski definition) is 0. The molecule has 1 atom stereocenters. The van der Waals surface area contributed by atoms with Crippen LogP contribution in [0.1, 0.15) is 19.8 Å². The quantitative estimate of drug-likeness (QED) is 0.466. The van der Waals surface area contributed by atoms with E-state index >= 15 is 0 Å². The summed E-state index contributed by atoms with van der Waals surface area (Å²) in [5, 5.41) is 0. The number of rotatable bonds is 4. The van der Waals surface area contributed by atoms with Crippen LogP contribution in [0.3, 0.4) is 0 Å². The van der Waals surface area contributed by atoms with Gasteiger partial charge in [0, 0.05) is 11.4 Å².